The highest BCUT2D eigenvalue weighted by molar-refractivity contribution is 5.53. The maximum absolute atomic E-state index is 9.20. The molecule has 12 heavy (non-hydrogen) atoms. The number of nitrogens with one attached hydrogen (secondary N) is 1. The minimum atomic E-state index is -0.0550. The first-order valence-electron chi connectivity index (χ1n) is 3.61. The number of aliphatic hydroxyl groups is 1. The topological polar surface area (TPSA) is 61.7 Å². The Morgan fingerprint density at radius 1 is 1.33 bits per heavy atom. The number of para-hydroxylation sites is 2. The highest BCUT2D eigenvalue weighted by Gasteiger charge is 1.96. The normalized spacial score (nSPS) is 9.75. The molecule has 0 aliphatic carbocycles. The van der Waals surface area contributed by atoms with Crippen molar-refractivity contribution in [3.8, 4) is 5.75 Å². The molecule has 0 aromatic heterocycles. The van der Waals surface area contributed by atoms with Crippen LogP contribution in [0.4, 0.5) is 5.69 Å². The van der Waals surface area contributed by atoms with Gasteiger partial charge in [0.15, 0.2) is 0 Å². The van der Waals surface area contributed by atoms with Gasteiger partial charge in [-0.25, -0.2) is 0 Å². The summed E-state index contributed by atoms with van der Waals surface area (Å²) in [5.41, 5.74) is 3.00. The van der Waals surface area contributed by atoms with E-state index in [2.05, 4.69) is 5.48 Å². The minimum absolute atomic E-state index is 0.0550. The molecule has 0 saturated heterocycles. The van der Waals surface area contributed by atoms with E-state index in [1.807, 2.05) is 0 Å². The molecular weight excluding hydrogens is 158 g/mol. The zero-order valence-corrected chi connectivity index (χ0v) is 6.53. The Balaban J connectivity index is 2.46. The third kappa shape index (κ3) is 2.41. The maximum atomic E-state index is 9.20. The molecule has 0 aliphatic heterocycles. The van der Waals surface area contributed by atoms with E-state index in [1.165, 1.54) is 0 Å². The fraction of sp³-hybridized carbons (Fsp3) is 0.250. The lowest BCUT2D eigenvalue weighted by atomic mass is 10.3. The van der Waals surface area contributed by atoms with Crippen LogP contribution in [0.1, 0.15) is 0 Å². The fourth-order valence-electron chi connectivity index (χ4n) is 0.734. The summed E-state index contributed by atoms with van der Waals surface area (Å²) >= 11 is 0. The summed E-state index contributed by atoms with van der Waals surface area (Å²) in [6.45, 7) is 0.134. The molecule has 0 radical (unpaired) electrons. The molecule has 1 rings (SSSR count). The molecule has 4 heteroatoms. The third-order valence-corrected chi connectivity index (χ3v) is 1.28. The lowest BCUT2D eigenvalue weighted by Gasteiger charge is -2.06. The number of rotatable bonds is 4. The first-order valence-corrected chi connectivity index (χ1v) is 3.61. The van der Waals surface area contributed by atoms with Gasteiger partial charge in [-0.1, -0.05) is 12.1 Å². The number of anilines is 1. The lowest BCUT2D eigenvalue weighted by molar-refractivity contribution is 0.132. The third-order valence-electron chi connectivity index (χ3n) is 1.28. The van der Waals surface area contributed by atoms with Crippen LogP contribution < -0.4 is 5.48 Å². The van der Waals surface area contributed by atoms with Gasteiger partial charge in [-0.3, -0.25) is 10.3 Å². The molecular formula is C8H11NO3. The Hall–Kier alpha value is -1.26. The van der Waals surface area contributed by atoms with Gasteiger partial charge in [0, 0.05) is 0 Å². The van der Waals surface area contributed by atoms with Crippen LogP contribution in [0.2, 0.25) is 0 Å². The van der Waals surface area contributed by atoms with Crippen molar-refractivity contribution in [2.45, 2.75) is 0 Å². The molecule has 1 aromatic rings. The first-order chi connectivity index (χ1) is 5.84. The van der Waals surface area contributed by atoms with E-state index in [4.69, 9.17) is 9.94 Å². The van der Waals surface area contributed by atoms with Crippen LogP contribution in [0, 0.1) is 0 Å². The predicted molar refractivity (Wildman–Crippen MR) is 44.8 cm³/mol. The van der Waals surface area contributed by atoms with Gasteiger partial charge in [0.05, 0.1) is 13.2 Å². The van der Waals surface area contributed by atoms with Crippen LogP contribution in [0.15, 0.2) is 24.3 Å². The second-order valence-corrected chi connectivity index (χ2v) is 2.19. The molecule has 66 valence electrons. The number of phenolic OH excluding ortho intramolecular Hbond substituents is 1. The standard InChI is InChI=1S/C8H11NO3/c10-5-6-12-9-7-3-1-2-4-8(7)11/h1-4,9-11H,5-6H2. The van der Waals surface area contributed by atoms with Crippen LogP contribution in [0.5, 0.6) is 5.75 Å². The maximum Gasteiger partial charge on any atom is 0.140 e. The van der Waals surface area contributed by atoms with Crippen LogP contribution >= 0.6 is 0 Å². The zero-order chi connectivity index (χ0) is 8.81. The Morgan fingerprint density at radius 2 is 2.08 bits per heavy atom. The van der Waals surface area contributed by atoms with Gasteiger partial charge >= 0.3 is 0 Å². The zero-order valence-electron chi connectivity index (χ0n) is 6.53. The molecule has 1 aromatic carbocycles. The summed E-state index contributed by atoms with van der Waals surface area (Å²) in [4.78, 5) is 4.79. The smallest absolute Gasteiger partial charge is 0.140 e. The Kier molecular flexibility index (Phi) is 3.37. The summed E-state index contributed by atoms with van der Waals surface area (Å²) in [6.07, 6.45) is 0. The van der Waals surface area contributed by atoms with E-state index in [0.29, 0.717) is 5.69 Å². The van der Waals surface area contributed by atoms with Crippen molar-refractivity contribution in [1.29, 1.82) is 0 Å². The van der Waals surface area contributed by atoms with E-state index >= 15 is 0 Å². The molecule has 0 atom stereocenters. The summed E-state index contributed by atoms with van der Waals surface area (Å²) < 4.78 is 0. The summed E-state index contributed by atoms with van der Waals surface area (Å²) in [7, 11) is 0. The van der Waals surface area contributed by atoms with Gasteiger partial charge in [0.25, 0.3) is 0 Å². The van der Waals surface area contributed by atoms with Crippen molar-refractivity contribution in [1.82, 2.24) is 0 Å². The van der Waals surface area contributed by atoms with Crippen LogP contribution in [0.3, 0.4) is 0 Å². The van der Waals surface area contributed by atoms with Crippen molar-refractivity contribution in [2.75, 3.05) is 18.7 Å². The quantitative estimate of drug-likeness (QED) is 0.353. The van der Waals surface area contributed by atoms with Crippen molar-refractivity contribution in [3.63, 3.8) is 0 Å². The molecule has 0 aliphatic rings. The van der Waals surface area contributed by atoms with Crippen LogP contribution in [-0.2, 0) is 4.84 Å². The molecule has 0 amide bonds. The van der Waals surface area contributed by atoms with Crippen molar-refractivity contribution >= 4 is 5.69 Å². The van der Waals surface area contributed by atoms with E-state index in [0.717, 1.165) is 0 Å². The van der Waals surface area contributed by atoms with Crippen molar-refractivity contribution < 1.29 is 15.1 Å². The van der Waals surface area contributed by atoms with Gasteiger partial charge in [0.2, 0.25) is 0 Å². The Morgan fingerprint density at radius 3 is 2.75 bits per heavy atom. The van der Waals surface area contributed by atoms with Crippen LogP contribution in [-0.4, -0.2) is 23.4 Å². The summed E-state index contributed by atoms with van der Waals surface area (Å²) in [5.74, 6) is 0.121. The van der Waals surface area contributed by atoms with Gasteiger partial charge in [-0.2, -0.15) is 0 Å². The Bertz CT molecular complexity index is 239. The number of hydrogen-bond donors (Lipinski definition) is 3. The second kappa shape index (κ2) is 4.58. The van der Waals surface area contributed by atoms with E-state index in [1.54, 1.807) is 24.3 Å². The van der Waals surface area contributed by atoms with Crippen molar-refractivity contribution in [3.05, 3.63) is 24.3 Å². The number of phenols is 1. The molecule has 0 spiro atoms. The second-order valence-electron chi connectivity index (χ2n) is 2.19. The van der Waals surface area contributed by atoms with Crippen molar-refractivity contribution in [2.24, 2.45) is 0 Å². The van der Waals surface area contributed by atoms with Gasteiger partial charge in [-0.15, -0.1) is 0 Å². The van der Waals surface area contributed by atoms with Gasteiger partial charge < -0.3 is 10.2 Å². The summed E-state index contributed by atoms with van der Waals surface area (Å²) in [5, 5.41) is 17.6. The highest BCUT2D eigenvalue weighted by Crippen LogP contribution is 2.20. The monoisotopic (exact) mass is 169 g/mol. The number of hydrogen-bond acceptors (Lipinski definition) is 4. The molecule has 0 fully saturated rings. The number of aliphatic hydroxyl groups excluding tert-OH is 1. The number of benzene rings is 1. The number of aromatic hydroxyl groups is 1. The predicted octanol–water partition coefficient (Wildman–Crippen LogP) is 0.728. The molecule has 0 unspecified atom stereocenters. The minimum Gasteiger partial charge on any atom is -0.506 e. The molecule has 3 N–H and O–H groups in total. The van der Waals surface area contributed by atoms with E-state index in [9.17, 15) is 5.11 Å². The first kappa shape index (κ1) is 8.83. The van der Waals surface area contributed by atoms with E-state index < -0.39 is 0 Å². The Labute approximate surface area is 70.4 Å². The highest BCUT2D eigenvalue weighted by atomic mass is 16.6. The average molecular weight is 169 g/mol. The van der Waals surface area contributed by atoms with E-state index in [-0.39, 0.29) is 19.0 Å². The van der Waals surface area contributed by atoms with Gasteiger partial charge in [-0.05, 0) is 12.1 Å². The van der Waals surface area contributed by atoms with Crippen LogP contribution in [0.25, 0.3) is 0 Å². The SMILES string of the molecule is OCCONc1ccccc1O. The van der Waals surface area contributed by atoms with Gasteiger partial charge in [0.1, 0.15) is 11.4 Å². The largest absolute Gasteiger partial charge is 0.506 e. The lowest BCUT2D eigenvalue weighted by Crippen LogP contribution is -2.05. The molecule has 0 saturated carbocycles. The molecule has 0 bridgehead atoms. The molecule has 4 nitrogen and oxygen atoms in total. The average Bonchev–Trinajstić information content (AvgIpc) is 2.09. The molecule has 0 heterocycles. The summed E-state index contributed by atoms with van der Waals surface area (Å²) in [6, 6.07) is 6.70. The fourth-order valence-corrected chi connectivity index (χ4v) is 0.734.